The molecule has 6 nitrogen and oxygen atoms in total. The third kappa shape index (κ3) is 5.04. The summed E-state index contributed by atoms with van der Waals surface area (Å²) in [6.07, 6.45) is 2.77. The number of carbonyl (C=O) groups is 1. The monoisotopic (exact) mass is 313 g/mol. The first kappa shape index (κ1) is 15.8. The Balaban J connectivity index is 1.93. The lowest BCUT2D eigenvalue weighted by Gasteiger charge is -2.33. The van der Waals surface area contributed by atoms with Gasteiger partial charge in [-0.15, -0.1) is 0 Å². The first-order valence-electron chi connectivity index (χ1n) is 6.96. The number of ether oxygens (including phenoxy) is 2. The van der Waals surface area contributed by atoms with E-state index in [4.69, 9.17) is 21.1 Å². The van der Waals surface area contributed by atoms with Crippen LogP contribution in [0.4, 0.5) is 4.79 Å². The molecule has 2 rings (SSSR count). The van der Waals surface area contributed by atoms with Gasteiger partial charge in [-0.05, 0) is 39.7 Å². The molecule has 0 radical (unpaired) electrons. The number of likely N-dealkylation sites (tertiary alicyclic amines) is 1. The second kappa shape index (κ2) is 6.47. The molecule has 1 aliphatic heterocycles. The first-order chi connectivity index (χ1) is 9.83. The fourth-order valence-corrected chi connectivity index (χ4v) is 2.18. The maximum atomic E-state index is 12.1. The molecule has 21 heavy (non-hydrogen) atoms. The fraction of sp³-hybridized carbons (Fsp3) is 0.643. The molecule has 1 amide bonds. The van der Waals surface area contributed by atoms with Crippen LogP contribution in [0.2, 0.25) is 5.15 Å². The number of nitrogens with zero attached hydrogens (tertiary/aromatic N) is 3. The zero-order chi connectivity index (χ0) is 15.5. The topological polar surface area (TPSA) is 64.5 Å². The van der Waals surface area contributed by atoms with Crippen LogP contribution in [0, 0.1) is 0 Å². The van der Waals surface area contributed by atoms with E-state index in [1.807, 2.05) is 20.8 Å². The van der Waals surface area contributed by atoms with E-state index in [0.717, 1.165) is 12.8 Å². The lowest BCUT2D eigenvalue weighted by atomic mass is 10.1. The van der Waals surface area contributed by atoms with Gasteiger partial charge in [-0.25, -0.2) is 9.78 Å². The minimum Gasteiger partial charge on any atom is -0.458 e. The highest BCUT2D eigenvalue weighted by molar-refractivity contribution is 6.29. The normalized spacial score (nSPS) is 19.2. The largest absolute Gasteiger partial charge is 0.458 e. The number of carbonyl (C=O) groups excluding carboxylic acids is 1. The van der Waals surface area contributed by atoms with Gasteiger partial charge in [0.1, 0.15) is 16.9 Å². The Labute approximate surface area is 129 Å². The standard InChI is InChI=1S/C14H20ClN3O3/c1-14(2,3)21-13(19)18-8-4-5-10(9-18)20-12-16-7-6-11(15)17-12/h6-7,10H,4-5,8-9H2,1-3H3/t10-/m0/s1. The minimum atomic E-state index is -0.499. The predicted molar refractivity (Wildman–Crippen MR) is 78.5 cm³/mol. The lowest BCUT2D eigenvalue weighted by Crippen LogP contribution is -2.46. The molecule has 0 unspecified atom stereocenters. The van der Waals surface area contributed by atoms with Gasteiger partial charge >= 0.3 is 12.1 Å². The minimum absolute atomic E-state index is 0.148. The van der Waals surface area contributed by atoms with Crippen LogP contribution >= 0.6 is 11.6 Å². The number of piperidine rings is 1. The molecule has 2 heterocycles. The molecule has 0 spiro atoms. The molecule has 0 N–H and O–H groups in total. The lowest BCUT2D eigenvalue weighted by molar-refractivity contribution is 0.00660. The van der Waals surface area contributed by atoms with Gasteiger partial charge in [0.15, 0.2) is 0 Å². The van der Waals surface area contributed by atoms with Crippen LogP contribution < -0.4 is 4.74 Å². The maximum Gasteiger partial charge on any atom is 0.410 e. The van der Waals surface area contributed by atoms with Gasteiger partial charge < -0.3 is 14.4 Å². The molecular weight excluding hydrogens is 294 g/mol. The first-order valence-corrected chi connectivity index (χ1v) is 7.34. The summed E-state index contributed by atoms with van der Waals surface area (Å²) in [4.78, 5) is 21.7. The molecule has 0 saturated carbocycles. The van der Waals surface area contributed by atoms with E-state index in [1.165, 1.54) is 0 Å². The molecule has 1 aromatic rings. The zero-order valence-electron chi connectivity index (χ0n) is 12.5. The van der Waals surface area contributed by atoms with E-state index in [-0.39, 0.29) is 18.2 Å². The Bertz CT molecular complexity index is 504. The molecule has 0 aliphatic carbocycles. The highest BCUT2D eigenvalue weighted by Crippen LogP contribution is 2.19. The highest BCUT2D eigenvalue weighted by atomic mass is 35.5. The van der Waals surface area contributed by atoms with Crippen molar-refractivity contribution in [3.05, 3.63) is 17.4 Å². The Hall–Kier alpha value is -1.56. The molecule has 7 heteroatoms. The van der Waals surface area contributed by atoms with Gasteiger partial charge in [-0.2, -0.15) is 4.98 Å². The van der Waals surface area contributed by atoms with E-state index in [2.05, 4.69) is 9.97 Å². The van der Waals surface area contributed by atoms with Crippen LogP contribution in [-0.4, -0.2) is 45.8 Å². The summed E-state index contributed by atoms with van der Waals surface area (Å²) in [7, 11) is 0. The summed E-state index contributed by atoms with van der Waals surface area (Å²) in [5.74, 6) is 0. The van der Waals surface area contributed by atoms with Crippen LogP contribution in [0.1, 0.15) is 33.6 Å². The Morgan fingerprint density at radius 2 is 2.24 bits per heavy atom. The summed E-state index contributed by atoms with van der Waals surface area (Å²) in [5, 5.41) is 0.333. The van der Waals surface area contributed by atoms with Crippen LogP contribution in [0.5, 0.6) is 6.01 Å². The Morgan fingerprint density at radius 1 is 1.48 bits per heavy atom. The highest BCUT2D eigenvalue weighted by Gasteiger charge is 2.28. The van der Waals surface area contributed by atoms with Crippen LogP contribution in [0.15, 0.2) is 12.3 Å². The van der Waals surface area contributed by atoms with E-state index in [0.29, 0.717) is 18.2 Å². The average Bonchev–Trinajstić information content (AvgIpc) is 2.37. The van der Waals surface area contributed by atoms with Crippen molar-refractivity contribution in [3.8, 4) is 6.01 Å². The zero-order valence-corrected chi connectivity index (χ0v) is 13.3. The van der Waals surface area contributed by atoms with Crippen molar-refractivity contribution in [3.63, 3.8) is 0 Å². The molecule has 116 valence electrons. The predicted octanol–water partition coefficient (Wildman–Crippen LogP) is 2.91. The van der Waals surface area contributed by atoms with Gasteiger partial charge in [-0.3, -0.25) is 0 Å². The van der Waals surface area contributed by atoms with Crippen molar-refractivity contribution in [2.24, 2.45) is 0 Å². The third-order valence-electron chi connectivity index (χ3n) is 2.90. The molecule has 0 bridgehead atoms. The van der Waals surface area contributed by atoms with Crippen LogP contribution in [-0.2, 0) is 4.74 Å². The van der Waals surface area contributed by atoms with Gasteiger partial charge in [0.2, 0.25) is 0 Å². The summed E-state index contributed by atoms with van der Waals surface area (Å²) >= 11 is 5.80. The molecule has 1 fully saturated rings. The Morgan fingerprint density at radius 3 is 2.90 bits per heavy atom. The maximum absolute atomic E-state index is 12.1. The number of rotatable bonds is 2. The van der Waals surface area contributed by atoms with Gasteiger partial charge in [0.25, 0.3) is 0 Å². The number of halogens is 1. The van der Waals surface area contributed by atoms with Gasteiger partial charge in [0, 0.05) is 12.7 Å². The number of hydrogen-bond donors (Lipinski definition) is 0. The number of hydrogen-bond acceptors (Lipinski definition) is 5. The number of aromatic nitrogens is 2. The summed E-state index contributed by atoms with van der Waals surface area (Å²) in [5.41, 5.74) is -0.499. The fourth-order valence-electron chi connectivity index (χ4n) is 2.05. The van der Waals surface area contributed by atoms with E-state index in [9.17, 15) is 4.79 Å². The Kier molecular flexibility index (Phi) is 4.88. The summed E-state index contributed by atoms with van der Waals surface area (Å²) < 4.78 is 11.1. The van der Waals surface area contributed by atoms with E-state index in [1.54, 1.807) is 17.2 Å². The SMILES string of the molecule is CC(C)(C)OC(=O)N1CCC[C@H](Oc2nccc(Cl)n2)C1. The second-order valence-corrected chi connectivity index (χ2v) is 6.36. The van der Waals surface area contributed by atoms with Crippen molar-refractivity contribution in [2.75, 3.05) is 13.1 Å². The molecule has 1 atom stereocenters. The van der Waals surface area contributed by atoms with Crippen molar-refractivity contribution in [2.45, 2.75) is 45.3 Å². The van der Waals surface area contributed by atoms with Crippen molar-refractivity contribution >= 4 is 17.7 Å². The second-order valence-electron chi connectivity index (χ2n) is 5.97. The van der Waals surface area contributed by atoms with Gasteiger partial charge in [-0.1, -0.05) is 11.6 Å². The third-order valence-corrected chi connectivity index (χ3v) is 3.11. The molecule has 1 aromatic heterocycles. The van der Waals surface area contributed by atoms with Crippen LogP contribution in [0.25, 0.3) is 0 Å². The molecule has 1 aliphatic rings. The van der Waals surface area contributed by atoms with Crippen LogP contribution in [0.3, 0.4) is 0 Å². The van der Waals surface area contributed by atoms with E-state index < -0.39 is 5.60 Å². The van der Waals surface area contributed by atoms with Crippen molar-refractivity contribution < 1.29 is 14.3 Å². The summed E-state index contributed by atoms with van der Waals surface area (Å²) in [6.45, 7) is 6.68. The smallest absolute Gasteiger partial charge is 0.410 e. The van der Waals surface area contributed by atoms with Crippen molar-refractivity contribution in [1.29, 1.82) is 0 Å². The summed E-state index contributed by atoms with van der Waals surface area (Å²) in [6, 6.07) is 1.82. The quantitative estimate of drug-likeness (QED) is 0.785. The molecular formula is C14H20ClN3O3. The van der Waals surface area contributed by atoms with Gasteiger partial charge in [0.05, 0.1) is 6.54 Å². The molecule has 1 saturated heterocycles. The average molecular weight is 314 g/mol. The number of amides is 1. The molecule has 0 aromatic carbocycles. The van der Waals surface area contributed by atoms with Crippen molar-refractivity contribution in [1.82, 2.24) is 14.9 Å². The van der Waals surface area contributed by atoms with E-state index >= 15 is 0 Å².